The maximum atomic E-state index is 13.0. The first-order valence-electron chi connectivity index (χ1n) is 3.81. The molecule has 0 radical (unpaired) electrons. The monoisotopic (exact) mass is 220 g/mol. The fourth-order valence-corrected chi connectivity index (χ4v) is 1.13. The second-order valence-electron chi connectivity index (χ2n) is 2.75. The van der Waals surface area contributed by atoms with Crippen LogP contribution in [0.3, 0.4) is 0 Å². The van der Waals surface area contributed by atoms with E-state index in [-0.39, 0.29) is 12.0 Å². The maximum absolute atomic E-state index is 13.0. The molecule has 1 atom stereocenters. The number of benzene rings is 1. The fourth-order valence-electron chi connectivity index (χ4n) is 0.968. The predicted octanol–water partition coefficient (Wildman–Crippen LogP) is 2.20. The summed E-state index contributed by atoms with van der Waals surface area (Å²) < 4.78 is 25.4. The Labute approximate surface area is 84.1 Å². The third-order valence-corrected chi connectivity index (χ3v) is 2.02. The predicted molar refractivity (Wildman–Crippen MR) is 47.3 cm³/mol. The molecule has 0 aliphatic heterocycles. The van der Waals surface area contributed by atoms with Crippen LogP contribution in [-0.2, 0) is 11.2 Å². The standard InChI is InChI=1S/C9H7ClF2O2/c10-7(9(13)14)3-5-1-2-6(11)4-8(5)12/h1-2,4,7H,3H2,(H,13,14). The molecule has 2 nitrogen and oxygen atoms in total. The van der Waals surface area contributed by atoms with Crippen molar-refractivity contribution in [1.29, 1.82) is 0 Å². The molecule has 0 aliphatic carbocycles. The second kappa shape index (κ2) is 4.37. The first kappa shape index (κ1) is 10.9. The number of carbonyl (C=O) groups is 1. The minimum Gasteiger partial charge on any atom is -0.480 e. The van der Waals surface area contributed by atoms with Gasteiger partial charge in [0.2, 0.25) is 0 Å². The van der Waals surface area contributed by atoms with Crippen molar-refractivity contribution >= 4 is 17.6 Å². The van der Waals surface area contributed by atoms with Gasteiger partial charge in [0.1, 0.15) is 17.0 Å². The van der Waals surface area contributed by atoms with Gasteiger partial charge in [0.05, 0.1) is 0 Å². The van der Waals surface area contributed by atoms with E-state index < -0.39 is 23.0 Å². The van der Waals surface area contributed by atoms with E-state index in [1.165, 1.54) is 6.07 Å². The smallest absolute Gasteiger partial charge is 0.321 e. The first-order valence-corrected chi connectivity index (χ1v) is 4.25. The van der Waals surface area contributed by atoms with Crippen LogP contribution in [0.25, 0.3) is 0 Å². The van der Waals surface area contributed by atoms with Gasteiger partial charge in [-0.05, 0) is 11.6 Å². The number of hydrogen-bond donors (Lipinski definition) is 1. The average molecular weight is 221 g/mol. The molecular weight excluding hydrogens is 214 g/mol. The van der Waals surface area contributed by atoms with Crippen molar-refractivity contribution in [2.24, 2.45) is 0 Å². The highest BCUT2D eigenvalue weighted by molar-refractivity contribution is 6.29. The van der Waals surface area contributed by atoms with E-state index >= 15 is 0 Å². The van der Waals surface area contributed by atoms with E-state index in [0.717, 1.165) is 6.07 Å². The lowest BCUT2D eigenvalue weighted by Gasteiger charge is -2.05. The molecule has 0 saturated carbocycles. The fraction of sp³-hybridized carbons (Fsp3) is 0.222. The van der Waals surface area contributed by atoms with Gasteiger partial charge in [-0.15, -0.1) is 11.6 Å². The Morgan fingerprint density at radius 3 is 2.64 bits per heavy atom. The second-order valence-corrected chi connectivity index (χ2v) is 3.27. The van der Waals surface area contributed by atoms with Crippen LogP contribution in [-0.4, -0.2) is 16.5 Å². The molecule has 0 amide bonds. The molecule has 5 heteroatoms. The minimum atomic E-state index is -1.23. The number of rotatable bonds is 3. The van der Waals surface area contributed by atoms with Crippen LogP contribution >= 0.6 is 11.6 Å². The summed E-state index contributed by atoms with van der Waals surface area (Å²) in [6.07, 6.45) is -0.164. The van der Waals surface area contributed by atoms with E-state index in [0.29, 0.717) is 6.07 Å². The van der Waals surface area contributed by atoms with Crippen LogP contribution in [0, 0.1) is 11.6 Å². The largest absolute Gasteiger partial charge is 0.480 e. The highest BCUT2D eigenvalue weighted by atomic mass is 35.5. The van der Waals surface area contributed by atoms with Crippen LogP contribution in [0.1, 0.15) is 5.56 Å². The zero-order chi connectivity index (χ0) is 10.7. The Balaban J connectivity index is 2.82. The van der Waals surface area contributed by atoms with Crippen LogP contribution < -0.4 is 0 Å². The van der Waals surface area contributed by atoms with Gasteiger partial charge < -0.3 is 5.11 Å². The molecule has 1 unspecified atom stereocenters. The molecule has 1 aromatic carbocycles. The molecule has 14 heavy (non-hydrogen) atoms. The van der Waals surface area contributed by atoms with E-state index in [1.807, 2.05) is 0 Å². The molecule has 0 fully saturated rings. The molecule has 0 bridgehead atoms. The molecule has 0 spiro atoms. The third kappa shape index (κ3) is 2.67. The SMILES string of the molecule is O=C(O)C(Cl)Cc1ccc(F)cc1F. The lowest BCUT2D eigenvalue weighted by atomic mass is 10.1. The molecule has 1 N–H and O–H groups in total. The van der Waals surface area contributed by atoms with Gasteiger partial charge in [0.15, 0.2) is 0 Å². The molecular formula is C9H7ClF2O2. The topological polar surface area (TPSA) is 37.3 Å². The summed E-state index contributed by atoms with van der Waals surface area (Å²) in [5.74, 6) is -2.71. The number of aliphatic carboxylic acids is 1. The Kier molecular flexibility index (Phi) is 3.41. The molecule has 0 heterocycles. The number of halogens is 3. The summed E-state index contributed by atoms with van der Waals surface area (Å²) in [4.78, 5) is 10.4. The van der Waals surface area contributed by atoms with Crippen molar-refractivity contribution < 1.29 is 18.7 Å². The number of alkyl halides is 1. The average Bonchev–Trinajstić information content (AvgIpc) is 2.09. The van der Waals surface area contributed by atoms with Gasteiger partial charge in [0.25, 0.3) is 0 Å². The Bertz CT molecular complexity index is 355. The Hall–Kier alpha value is -1.16. The number of hydrogen-bond acceptors (Lipinski definition) is 1. The molecule has 0 aliphatic rings. The Morgan fingerprint density at radius 2 is 2.14 bits per heavy atom. The van der Waals surface area contributed by atoms with Gasteiger partial charge >= 0.3 is 5.97 Å². The number of carboxylic acids is 1. The first-order chi connectivity index (χ1) is 6.50. The number of carboxylic acid groups (broad SMARTS) is 1. The van der Waals surface area contributed by atoms with E-state index in [9.17, 15) is 13.6 Å². The molecule has 0 saturated heterocycles. The summed E-state index contributed by atoms with van der Waals surface area (Å²) in [7, 11) is 0. The molecule has 76 valence electrons. The van der Waals surface area contributed by atoms with Crippen molar-refractivity contribution in [1.82, 2.24) is 0 Å². The van der Waals surface area contributed by atoms with E-state index in [1.54, 1.807) is 0 Å². The van der Waals surface area contributed by atoms with Crippen molar-refractivity contribution in [3.05, 3.63) is 35.4 Å². The van der Waals surface area contributed by atoms with Crippen LogP contribution in [0.4, 0.5) is 8.78 Å². The summed E-state index contributed by atoms with van der Waals surface area (Å²) in [5.41, 5.74) is 0.0915. The Morgan fingerprint density at radius 1 is 1.50 bits per heavy atom. The molecule has 1 aromatic rings. The zero-order valence-electron chi connectivity index (χ0n) is 7.01. The van der Waals surface area contributed by atoms with Gasteiger partial charge in [0, 0.05) is 12.5 Å². The normalized spacial score (nSPS) is 12.5. The van der Waals surface area contributed by atoms with Crippen LogP contribution in [0.5, 0.6) is 0 Å². The van der Waals surface area contributed by atoms with Gasteiger partial charge in [-0.1, -0.05) is 6.07 Å². The van der Waals surface area contributed by atoms with Crippen molar-refractivity contribution in [3.8, 4) is 0 Å². The summed E-state index contributed by atoms with van der Waals surface area (Å²) >= 11 is 5.40. The quantitative estimate of drug-likeness (QED) is 0.793. The lowest BCUT2D eigenvalue weighted by molar-refractivity contribution is -0.136. The van der Waals surface area contributed by atoms with Gasteiger partial charge in [-0.3, -0.25) is 4.79 Å². The van der Waals surface area contributed by atoms with Crippen molar-refractivity contribution in [3.63, 3.8) is 0 Å². The minimum absolute atomic E-state index is 0.0915. The van der Waals surface area contributed by atoms with Gasteiger partial charge in [-0.25, -0.2) is 8.78 Å². The summed E-state index contributed by atoms with van der Waals surface area (Å²) in [5, 5.41) is 7.26. The maximum Gasteiger partial charge on any atom is 0.321 e. The highest BCUT2D eigenvalue weighted by Gasteiger charge is 2.16. The van der Waals surface area contributed by atoms with Gasteiger partial charge in [-0.2, -0.15) is 0 Å². The zero-order valence-corrected chi connectivity index (χ0v) is 7.76. The van der Waals surface area contributed by atoms with E-state index in [2.05, 4.69) is 0 Å². The van der Waals surface area contributed by atoms with Crippen LogP contribution in [0.15, 0.2) is 18.2 Å². The molecule has 1 rings (SSSR count). The molecule has 0 aromatic heterocycles. The highest BCUT2D eigenvalue weighted by Crippen LogP contribution is 2.14. The van der Waals surface area contributed by atoms with E-state index in [4.69, 9.17) is 16.7 Å². The summed E-state index contributed by atoms with van der Waals surface area (Å²) in [6.45, 7) is 0. The van der Waals surface area contributed by atoms with Crippen molar-refractivity contribution in [2.75, 3.05) is 0 Å². The van der Waals surface area contributed by atoms with Crippen molar-refractivity contribution in [2.45, 2.75) is 11.8 Å². The third-order valence-electron chi connectivity index (χ3n) is 1.68. The summed E-state index contributed by atoms with van der Waals surface area (Å²) in [6, 6.07) is 2.94. The lowest BCUT2D eigenvalue weighted by Crippen LogP contribution is -2.16. The van der Waals surface area contributed by atoms with Crippen LogP contribution in [0.2, 0.25) is 0 Å².